The normalized spacial score (nSPS) is 12.0. The molecule has 0 aliphatic rings. The Balaban J connectivity index is 2.07. The zero-order chi connectivity index (χ0) is 27.2. The maximum Gasteiger partial charge on any atom is 0.264 e. The van der Waals surface area contributed by atoms with E-state index in [1.165, 1.54) is 24.1 Å². The Hall–Kier alpha value is -3.65. The number of nitrogens with one attached hydrogen (secondary N) is 1. The van der Waals surface area contributed by atoms with Crippen LogP contribution >= 0.6 is 0 Å². The van der Waals surface area contributed by atoms with Crippen LogP contribution in [0, 0.1) is 20.8 Å². The fourth-order valence-corrected chi connectivity index (χ4v) is 5.65. The summed E-state index contributed by atoms with van der Waals surface area (Å²) in [6.07, 6.45) is 0.381. The van der Waals surface area contributed by atoms with E-state index in [1.54, 1.807) is 30.3 Å². The summed E-state index contributed by atoms with van der Waals surface area (Å²) in [6, 6.07) is 20.3. The highest BCUT2D eigenvalue weighted by atomic mass is 32.2. The standard InChI is InChI=1S/C29H35N3O4S/c1-6-27(29(34)30-5)31(19-24-12-10-11-21(2)17-24)28(33)20-32(25-16-15-22(3)23(4)18-25)37(35,36)26-13-8-7-9-14-26/h7-18,27H,6,19-20H2,1-5H3,(H,30,34)/t27-/m1/s1. The fourth-order valence-electron chi connectivity index (χ4n) is 4.22. The van der Waals surface area contributed by atoms with Gasteiger partial charge >= 0.3 is 0 Å². The molecule has 0 fully saturated rings. The molecule has 1 N–H and O–H groups in total. The summed E-state index contributed by atoms with van der Waals surface area (Å²) in [6.45, 7) is 7.37. The van der Waals surface area contributed by atoms with Crippen molar-refractivity contribution in [1.29, 1.82) is 0 Å². The van der Waals surface area contributed by atoms with Crippen LogP contribution in [0.5, 0.6) is 0 Å². The number of likely N-dealkylation sites (N-methyl/N-ethyl adjacent to an activating group) is 1. The molecule has 8 heteroatoms. The third-order valence-corrected chi connectivity index (χ3v) is 8.24. The Morgan fingerprint density at radius 3 is 2.19 bits per heavy atom. The van der Waals surface area contributed by atoms with Gasteiger partial charge in [-0.05, 0) is 68.1 Å². The molecule has 2 amide bonds. The topological polar surface area (TPSA) is 86.8 Å². The van der Waals surface area contributed by atoms with Crippen molar-refractivity contribution in [3.8, 4) is 0 Å². The molecule has 0 aromatic heterocycles. The van der Waals surface area contributed by atoms with E-state index in [1.807, 2.05) is 58.0 Å². The first-order valence-corrected chi connectivity index (χ1v) is 13.7. The first kappa shape index (κ1) is 27.9. The van der Waals surface area contributed by atoms with Crippen LogP contribution in [0.4, 0.5) is 5.69 Å². The number of benzene rings is 3. The van der Waals surface area contributed by atoms with E-state index in [-0.39, 0.29) is 17.3 Å². The van der Waals surface area contributed by atoms with Gasteiger partial charge in [0.2, 0.25) is 11.8 Å². The van der Waals surface area contributed by atoms with E-state index >= 15 is 0 Å². The van der Waals surface area contributed by atoms with Crippen molar-refractivity contribution in [3.63, 3.8) is 0 Å². The van der Waals surface area contributed by atoms with Gasteiger partial charge in [-0.3, -0.25) is 13.9 Å². The van der Waals surface area contributed by atoms with Gasteiger partial charge in [0.15, 0.2) is 0 Å². The second kappa shape index (κ2) is 12.1. The smallest absolute Gasteiger partial charge is 0.264 e. The number of aryl methyl sites for hydroxylation is 3. The summed E-state index contributed by atoms with van der Waals surface area (Å²) in [7, 11) is -2.54. The first-order valence-electron chi connectivity index (χ1n) is 12.3. The summed E-state index contributed by atoms with van der Waals surface area (Å²) in [5.74, 6) is -0.762. The summed E-state index contributed by atoms with van der Waals surface area (Å²) < 4.78 is 28.7. The first-order chi connectivity index (χ1) is 17.6. The Morgan fingerprint density at radius 2 is 1.59 bits per heavy atom. The van der Waals surface area contributed by atoms with Gasteiger partial charge in [-0.25, -0.2) is 8.42 Å². The molecular formula is C29H35N3O4S. The van der Waals surface area contributed by atoms with E-state index < -0.39 is 28.5 Å². The van der Waals surface area contributed by atoms with Crippen molar-refractivity contribution in [2.24, 2.45) is 0 Å². The molecule has 0 aliphatic heterocycles. The molecule has 0 spiro atoms. The molecule has 37 heavy (non-hydrogen) atoms. The molecule has 3 rings (SSSR count). The van der Waals surface area contributed by atoms with Crippen LogP contribution in [0.2, 0.25) is 0 Å². The Labute approximate surface area is 220 Å². The predicted octanol–water partition coefficient (Wildman–Crippen LogP) is 4.36. The number of carbonyl (C=O) groups excluding carboxylic acids is 2. The van der Waals surface area contributed by atoms with E-state index in [9.17, 15) is 18.0 Å². The van der Waals surface area contributed by atoms with E-state index in [0.717, 1.165) is 26.6 Å². The maximum atomic E-state index is 13.9. The third kappa shape index (κ3) is 6.57. The molecule has 3 aromatic carbocycles. The van der Waals surface area contributed by atoms with Gasteiger partial charge in [-0.15, -0.1) is 0 Å². The molecule has 7 nitrogen and oxygen atoms in total. The molecule has 0 saturated carbocycles. The second-order valence-corrected chi connectivity index (χ2v) is 11.0. The lowest BCUT2D eigenvalue weighted by Crippen LogP contribution is -2.51. The zero-order valence-corrected chi connectivity index (χ0v) is 22.9. The van der Waals surface area contributed by atoms with Crippen LogP contribution in [0.3, 0.4) is 0 Å². The molecule has 0 unspecified atom stereocenters. The van der Waals surface area contributed by atoms with Crippen molar-refractivity contribution in [3.05, 3.63) is 95.1 Å². The predicted molar refractivity (Wildman–Crippen MR) is 147 cm³/mol. The molecule has 0 saturated heterocycles. The summed E-state index contributed by atoms with van der Waals surface area (Å²) in [5.41, 5.74) is 4.20. The van der Waals surface area contributed by atoms with Crippen molar-refractivity contribution in [2.75, 3.05) is 17.9 Å². The summed E-state index contributed by atoms with van der Waals surface area (Å²) >= 11 is 0. The van der Waals surface area contributed by atoms with Gasteiger partial charge in [-0.1, -0.05) is 61.0 Å². The SMILES string of the molecule is CC[C@H](C(=O)NC)N(Cc1cccc(C)c1)C(=O)CN(c1ccc(C)c(C)c1)S(=O)(=O)c1ccccc1. The minimum Gasteiger partial charge on any atom is -0.357 e. The minimum atomic E-state index is -4.06. The Kier molecular flexibility index (Phi) is 9.10. The average Bonchev–Trinajstić information content (AvgIpc) is 2.89. The lowest BCUT2D eigenvalue weighted by molar-refractivity contribution is -0.140. The molecule has 0 bridgehead atoms. The number of carbonyl (C=O) groups is 2. The number of rotatable bonds is 10. The average molecular weight is 522 g/mol. The quantitative estimate of drug-likeness (QED) is 0.430. The van der Waals surface area contributed by atoms with Crippen LogP contribution in [0.15, 0.2) is 77.7 Å². The number of nitrogens with zero attached hydrogens (tertiary/aromatic N) is 2. The molecule has 1 atom stereocenters. The monoisotopic (exact) mass is 521 g/mol. The van der Waals surface area contributed by atoms with Crippen molar-refractivity contribution in [1.82, 2.24) is 10.2 Å². The van der Waals surface area contributed by atoms with Gasteiger partial charge < -0.3 is 10.2 Å². The van der Waals surface area contributed by atoms with Gasteiger partial charge in [-0.2, -0.15) is 0 Å². The van der Waals surface area contributed by atoms with Crippen LogP contribution in [-0.4, -0.2) is 44.8 Å². The minimum absolute atomic E-state index is 0.0876. The van der Waals surface area contributed by atoms with Crippen molar-refractivity contribution >= 4 is 27.5 Å². The number of amides is 2. The molecular weight excluding hydrogens is 486 g/mol. The molecule has 0 radical (unpaired) electrons. The van der Waals surface area contributed by atoms with Gasteiger partial charge in [0.25, 0.3) is 10.0 Å². The highest BCUT2D eigenvalue weighted by Gasteiger charge is 2.33. The Bertz CT molecular complexity index is 1360. The fraction of sp³-hybridized carbons (Fsp3) is 0.310. The number of hydrogen-bond acceptors (Lipinski definition) is 4. The van der Waals surface area contributed by atoms with Gasteiger partial charge in [0.1, 0.15) is 12.6 Å². The van der Waals surface area contributed by atoms with E-state index in [2.05, 4.69) is 5.32 Å². The second-order valence-electron chi connectivity index (χ2n) is 9.14. The Morgan fingerprint density at radius 1 is 0.892 bits per heavy atom. The highest BCUT2D eigenvalue weighted by Crippen LogP contribution is 2.26. The largest absolute Gasteiger partial charge is 0.357 e. The summed E-state index contributed by atoms with van der Waals surface area (Å²) in [5, 5.41) is 2.64. The van der Waals surface area contributed by atoms with Crippen LogP contribution < -0.4 is 9.62 Å². The summed E-state index contributed by atoms with van der Waals surface area (Å²) in [4.78, 5) is 28.2. The number of sulfonamides is 1. The van der Waals surface area contributed by atoms with Crippen molar-refractivity contribution < 1.29 is 18.0 Å². The zero-order valence-electron chi connectivity index (χ0n) is 22.1. The molecule has 0 heterocycles. The lowest BCUT2D eigenvalue weighted by atomic mass is 10.1. The third-order valence-electron chi connectivity index (χ3n) is 6.46. The van der Waals surface area contributed by atoms with Crippen LogP contribution in [0.1, 0.15) is 35.6 Å². The number of anilines is 1. The van der Waals surface area contributed by atoms with E-state index in [4.69, 9.17) is 0 Å². The van der Waals surface area contributed by atoms with Gasteiger partial charge in [0, 0.05) is 13.6 Å². The molecule has 196 valence electrons. The van der Waals surface area contributed by atoms with Crippen LogP contribution in [0.25, 0.3) is 0 Å². The van der Waals surface area contributed by atoms with Crippen molar-refractivity contribution in [2.45, 2.75) is 51.6 Å². The van der Waals surface area contributed by atoms with Crippen LogP contribution in [-0.2, 0) is 26.2 Å². The highest BCUT2D eigenvalue weighted by molar-refractivity contribution is 7.92. The number of hydrogen-bond donors (Lipinski definition) is 1. The lowest BCUT2D eigenvalue weighted by Gasteiger charge is -2.33. The molecule has 3 aromatic rings. The maximum absolute atomic E-state index is 13.9. The molecule has 0 aliphatic carbocycles. The van der Waals surface area contributed by atoms with Gasteiger partial charge in [0.05, 0.1) is 10.6 Å². The van der Waals surface area contributed by atoms with E-state index in [0.29, 0.717) is 12.1 Å².